The van der Waals surface area contributed by atoms with Crippen LogP contribution >= 0.6 is 0 Å². The van der Waals surface area contributed by atoms with Crippen molar-refractivity contribution >= 4 is 11.9 Å². The lowest BCUT2D eigenvalue weighted by molar-refractivity contribution is -0.151. The van der Waals surface area contributed by atoms with Crippen LogP contribution in [-0.4, -0.2) is 46.9 Å². The highest BCUT2D eigenvalue weighted by Crippen LogP contribution is 2.19. The van der Waals surface area contributed by atoms with Crippen LogP contribution < -0.4 is 5.32 Å². The maximum atomic E-state index is 13.2. The van der Waals surface area contributed by atoms with Gasteiger partial charge in [-0.2, -0.15) is 0 Å². The summed E-state index contributed by atoms with van der Waals surface area (Å²) in [6, 6.07) is -0.692. The van der Waals surface area contributed by atoms with Crippen LogP contribution in [-0.2, 0) is 14.3 Å². The first-order chi connectivity index (χ1) is 31.5. The van der Waals surface area contributed by atoms with E-state index in [1.807, 2.05) is 0 Å². The van der Waals surface area contributed by atoms with Crippen molar-refractivity contribution in [2.24, 2.45) is 0 Å². The van der Waals surface area contributed by atoms with E-state index in [1.54, 1.807) is 0 Å². The number of carbonyl (C=O) groups excluding carboxylic acids is 2. The summed E-state index contributed by atoms with van der Waals surface area (Å²) >= 11 is 0. The minimum Gasteiger partial charge on any atom is -0.462 e. The fraction of sp³-hybridized carbons (Fsp3) is 0.966. The zero-order chi connectivity index (χ0) is 46.7. The number of ether oxygens (including phenoxy) is 1. The Morgan fingerprint density at radius 2 is 0.656 bits per heavy atom. The number of rotatable bonds is 54. The molecule has 0 rings (SSSR count). The van der Waals surface area contributed by atoms with Crippen molar-refractivity contribution in [1.29, 1.82) is 0 Å². The van der Waals surface area contributed by atoms with E-state index in [0.29, 0.717) is 19.3 Å². The molecule has 3 unspecified atom stereocenters. The Kier molecular flexibility index (Phi) is 51.9. The maximum Gasteiger partial charge on any atom is 0.306 e. The first kappa shape index (κ1) is 62.9. The number of nitrogens with one attached hydrogen (secondary N) is 1. The number of amides is 1. The summed E-state index contributed by atoms with van der Waals surface area (Å²) in [5, 5.41) is 23.8. The van der Waals surface area contributed by atoms with Crippen LogP contribution in [0.15, 0.2) is 0 Å². The van der Waals surface area contributed by atoms with Gasteiger partial charge in [0.15, 0.2) is 0 Å². The van der Waals surface area contributed by atoms with Gasteiger partial charge in [0.25, 0.3) is 0 Å². The Balaban J connectivity index is 4.47. The summed E-state index contributed by atoms with van der Waals surface area (Å²) in [6.45, 7) is 6.53. The van der Waals surface area contributed by atoms with Gasteiger partial charge in [0.1, 0.15) is 6.10 Å². The molecule has 0 saturated carbocycles. The molecule has 0 radical (unpaired) electrons. The van der Waals surface area contributed by atoms with E-state index in [2.05, 4.69) is 26.1 Å². The van der Waals surface area contributed by atoms with E-state index in [4.69, 9.17) is 4.74 Å². The third-order valence-corrected chi connectivity index (χ3v) is 13.9. The number of aliphatic hydroxyl groups is 2. The van der Waals surface area contributed by atoms with Crippen LogP contribution in [0.25, 0.3) is 0 Å². The van der Waals surface area contributed by atoms with Crippen molar-refractivity contribution < 1.29 is 24.5 Å². The van der Waals surface area contributed by atoms with Crippen LogP contribution in [0.5, 0.6) is 0 Å². The average Bonchev–Trinajstić information content (AvgIpc) is 3.29. The van der Waals surface area contributed by atoms with Gasteiger partial charge in [-0.1, -0.05) is 297 Å². The Morgan fingerprint density at radius 1 is 0.391 bits per heavy atom. The van der Waals surface area contributed by atoms with E-state index in [-0.39, 0.29) is 24.9 Å². The summed E-state index contributed by atoms with van der Waals surface area (Å²) in [4.78, 5) is 26.3. The van der Waals surface area contributed by atoms with E-state index in [1.165, 1.54) is 250 Å². The number of hydrogen-bond donors (Lipinski definition) is 3. The van der Waals surface area contributed by atoms with Gasteiger partial charge in [-0.15, -0.1) is 0 Å². The Hall–Kier alpha value is -1.14. The molecule has 0 saturated heterocycles. The van der Waals surface area contributed by atoms with Crippen LogP contribution in [0.3, 0.4) is 0 Å². The molecule has 3 N–H and O–H groups in total. The van der Waals surface area contributed by atoms with Crippen molar-refractivity contribution in [3.63, 3.8) is 0 Å². The molecule has 0 aliphatic rings. The van der Waals surface area contributed by atoms with E-state index in [0.717, 1.165) is 38.5 Å². The van der Waals surface area contributed by atoms with Crippen molar-refractivity contribution in [1.82, 2.24) is 5.32 Å². The van der Waals surface area contributed by atoms with E-state index < -0.39 is 18.2 Å². The second kappa shape index (κ2) is 52.8. The van der Waals surface area contributed by atoms with Gasteiger partial charge >= 0.3 is 5.97 Å². The second-order valence-corrected chi connectivity index (χ2v) is 20.4. The Bertz CT molecular complexity index is 928. The SMILES string of the molecule is CCCCCCCCCCCCCCCCCCCCC(=O)OC(CCCCCCCCCCCCCCCCCC)CC(=O)NC(CO)C(O)CCCCCCCCCCCCC. The molecule has 0 heterocycles. The summed E-state index contributed by atoms with van der Waals surface area (Å²) < 4.78 is 5.97. The monoisotopic (exact) mass is 906 g/mol. The summed E-state index contributed by atoms with van der Waals surface area (Å²) in [5.41, 5.74) is 0. The molecule has 3 atom stereocenters. The molecule has 0 fully saturated rings. The molecule has 0 spiro atoms. The molecule has 0 aromatic heterocycles. The van der Waals surface area contributed by atoms with Crippen molar-refractivity contribution in [2.75, 3.05) is 6.61 Å². The minimum atomic E-state index is -0.779. The van der Waals surface area contributed by atoms with Crippen molar-refractivity contribution in [2.45, 2.75) is 354 Å². The lowest BCUT2D eigenvalue weighted by Gasteiger charge is -2.24. The molecule has 382 valence electrons. The van der Waals surface area contributed by atoms with Gasteiger partial charge in [0.2, 0.25) is 5.91 Å². The Labute approximate surface area is 400 Å². The maximum absolute atomic E-state index is 13.2. The molecule has 0 aromatic rings. The smallest absolute Gasteiger partial charge is 0.306 e. The predicted molar refractivity (Wildman–Crippen MR) is 278 cm³/mol. The van der Waals surface area contributed by atoms with E-state index >= 15 is 0 Å². The lowest BCUT2D eigenvalue weighted by Crippen LogP contribution is -2.46. The standard InChI is InChI=1S/C58H115NO5/c1-4-7-10-13-16-19-22-24-26-28-29-31-33-36-39-42-45-48-51-58(63)64-54(49-46-43-40-37-35-32-30-27-25-23-20-17-14-11-8-5-2)52-57(62)59-55(53-60)56(61)50-47-44-41-38-34-21-18-15-12-9-6-3/h54-56,60-61H,4-53H2,1-3H3,(H,59,62). The molecule has 6 heteroatoms. The first-order valence-corrected chi connectivity index (χ1v) is 29.3. The normalized spacial score (nSPS) is 13.0. The zero-order valence-electron chi connectivity index (χ0n) is 43.7. The number of hydrogen-bond acceptors (Lipinski definition) is 5. The molecule has 0 bridgehead atoms. The molecule has 0 aromatic carbocycles. The lowest BCUT2D eigenvalue weighted by atomic mass is 10.0. The van der Waals surface area contributed by atoms with Crippen LogP contribution in [0.1, 0.15) is 335 Å². The highest BCUT2D eigenvalue weighted by molar-refractivity contribution is 5.77. The van der Waals surface area contributed by atoms with Crippen molar-refractivity contribution in [3.8, 4) is 0 Å². The molecule has 0 aliphatic carbocycles. The second-order valence-electron chi connectivity index (χ2n) is 20.4. The van der Waals surface area contributed by atoms with Gasteiger partial charge < -0.3 is 20.3 Å². The third-order valence-electron chi connectivity index (χ3n) is 13.9. The van der Waals surface area contributed by atoms with Crippen LogP contribution in [0.2, 0.25) is 0 Å². The fourth-order valence-corrected chi connectivity index (χ4v) is 9.49. The highest BCUT2D eigenvalue weighted by atomic mass is 16.5. The molecule has 0 aliphatic heterocycles. The number of carbonyl (C=O) groups is 2. The van der Waals surface area contributed by atoms with E-state index in [9.17, 15) is 19.8 Å². The first-order valence-electron chi connectivity index (χ1n) is 29.3. The fourth-order valence-electron chi connectivity index (χ4n) is 9.49. The summed E-state index contributed by atoms with van der Waals surface area (Å²) in [5.74, 6) is -0.444. The molecule has 64 heavy (non-hydrogen) atoms. The van der Waals surface area contributed by atoms with Crippen molar-refractivity contribution in [3.05, 3.63) is 0 Å². The average molecular weight is 907 g/mol. The predicted octanol–water partition coefficient (Wildman–Crippen LogP) is 17.9. The van der Waals surface area contributed by atoms with Gasteiger partial charge in [0.05, 0.1) is 25.2 Å². The highest BCUT2D eigenvalue weighted by Gasteiger charge is 2.24. The van der Waals surface area contributed by atoms with Crippen LogP contribution in [0, 0.1) is 0 Å². The zero-order valence-corrected chi connectivity index (χ0v) is 43.7. The Morgan fingerprint density at radius 3 is 0.953 bits per heavy atom. The summed E-state index contributed by atoms with van der Waals surface area (Å²) in [6.07, 6.45) is 58.9. The molecule has 1 amide bonds. The largest absolute Gasteiger partial charge is 0.462 e. The molecular formula is C58H115NO5. The third kappa shape index (κ3) is 47.4. The molecule has 6 nitrogen and oxygen atoms in total. The van der Waals surface area contributed by atoms with Gasteiger partial charge in [0, 0.05) is 6.42 Å². The number of aliphatic hydroxyl groups excluding tert-OH is 2. The minimum absolute atomic E-state index is 0.0886. The topological polar surface area (TPSA) is 95.9 Å². The summed E-state index contributed by atoms with van der Waals surface area (Å²) in [7, 11) is 0. The number of esters is 1. The number of unbranched alkanes of at least 4 members (excludes halogenated alkanes) is 42. The quantitative estimate of drug-likeness (QED) is 0.0417. The van der Waals surface area contributed by atoms with Gasteiger partial charge in [-0.3, -0.25) is 9.59 Å². The van der Waals surface area contributed by atoms with Gasteiger partial charge in [-0.05, 0) is 25.7 Å². The van der Waals surface area contributed by atoms with Gasteiger partial charge in [-0.25, -0.2) is 0 Å². The molecular weight excluding hydrogens is 791 g/mol. The van der Waals surface area contributed by atoms with Crippen LogP contribution in [0.4, 0.5) is 0 Å².